The molecule has 0 saturated heterocycles. The fourth-order valence-corrected chi connectivity index (χ4v) is 2.60. The van der Waals surface area contributed by atoms with E-state index < -0.39 is 0 Å². The molecule has 0 spiro atoms. The van der Waals surface area contributed by atoms with E-state index in [4.69, 9.17) is 17.3 Å². The van der Waals surface area contributed by atoms with E-state index in [1.807, 2.05) is 45.0 Å². The summed E-state index contributed by atoms with van der Waals surface area (Å²) in [5.41, 5.74) is 8.01. The Kier molecular flexibility index (Phi) is 7.73. The second-order valence-corrected chi connectivity index (χ2v) is 6.45. The lowest BCUT2D eigenvalue weighted by Crippen LogP contribution is -2.29. The maximum atomic E-state index is 12.4. The van der Waals surface area contributed by atoms with Gasteiger partial charge in [-0.3, -0.25) is 4.79 Å². The highest BCUT2D eigenvalue weighted by atomic mass is 35.5. The van der Waals surface area contributed by atoms with Gasteiger partial charge in [0.1, 0.15) is 0 Å². The third kappa shape index (κ3) is 4.97. The molecule has 0 saturated carbocycles. The van der Waals surface area contributed by atoms with Gasteiger partial charge in [-0.15, -0.1) is 12.4 Å². The summed E-state index contributed by atoms with van der Waals surface area (Å²) in [5.74, 6) is 0.0216. The minimum absolute atomic E-state index is 0. The summed E-state index contributed by atoms with van der Waals surface area (Å²) in [6.07, 6.45) is 2.35. The second kappa shape index (κ2) is 9.06. The van der Waals surface area contributed by atoms with Crippen LogP contribution in [-0.4, -0.2) is 28.3 Å². The third-order valence-electron chi connectivity index (χ3n) is 3.54. The van der Waals surface area contributed by atoms with Gasteiger partial charge in [-0.2, -0.15) is 5.10 Å². The lowest BCUT2D eigenvalue weighted by atomic mass is 10.0. The maximum Gasteiger partial charge on any atom is 0.254 e. The number of benzene rings is 1. The van der Waals surface area contributed by atoms with E-state index in [2.05, 4.69) is 10.4 Å². The van der Waals surface area contributed by atoms with Crippen LogP contribution in [0.15, 0.2) is 30.5 Å². The SMILES string of the molecule is CC(N)CCNC(=O)c1cnn(-c2cccc(Cl)c2)c1C(C)C.Cl. The van der Waals surface area contributed by atoms with Crippen molar-refractivity contribution in [2.75, 3.05) is 6.54 Å². The molecule has 1 aromatic heterocycles. The van der Waals surface area contributed by atoms with Crippen LogP contribution in [0.4, 0.5) is 0 Å². The first-order chi connectivity index (χ1) is 10.9. The number of rotatable bonds is 6. The Morgan fingerprint density at radius 3 is 2.67 bits per heavy atom. The lowest BCUT2D eigenvalue weighted by Gasteiger charge is -2.13. The van der Waals surface area contributed by atoms with Gasteiger partial charge in [-0.05, 0) is 37.5 Å². The number of aromatic nitrogens is 2. The average Bonchev–Trinajstić information content (AvgIpc) is 2.91. The quantitative estimate of drug-likeness (QED) is 0.816. The van der Waals surface area contributed by atoms with Crippen molar-refractivity contribution >= 4 is 29.9 Å². The molecule has 0 radical (unpaired) electrons. The van der Waals surface area contributed by atoms with Crippen molar-refractivity contribution < 1.29 is 4.79 Å². The molecule has 0 bridgehead atoms. The Morgan fingerprint density at radius 1 is 1.38 bits per heavy atom. The molecule has 1 atom stereocenters. The molecule has 1 unspecified atom stereocenters. The highest BCUT2D eigenvalue weighted by Crippen LogP contribution is 2.24. The molecule has 24 heavy (non-hydrogen) atoms. The molecular formula is C17H24Cl2N4O. The number of halogens is 2. The van der Waals surface area contributed by atoms with E-state index in [1.165, 1.54) is 0 Å². The standard InChI is InChI=1S/C17H23ClN4O.ClH/c1-11(2)16-15(17(23)20-8-7-12(3)19)10-21-22(16)14-6-4-5-13(18)9-14;/h4-6,9-12H,7-8,19H2,1-3H3,(H,20,23);1H. The van der Waals surface area contributed by atoms with Crippen molar-refractivity contribution in [2.24, 2.45) is 5.73 Å². The first-order valence-electron chi connectivity index (χ1n) is 7.77. The Morgan fingerprint density at radius 2 is 2.08 bits per heavy atom. The smallest absolute Gasteiger partial charge is 0.254 e. The summed E-state index contributed by atoms with van der Waals surface area (Å²) >= 11 is 6.06. The van der Waals surface area contributed by atoms with Gasteiger partial charge < -0.3 is 11.1 Å². The monoisotopic (exact) mass is 370 g/mol. The summed E-state index contributed by atoms with van der Waals surface area (Å²) in [6, 6.07) is 7.49. The van der Waals surface area contributed by atoms with E-state index >= 15 is 0 Å². The molecule has 2 rings (SSSR count). The molecule has 2 aromatic rings. The van der Waals surface area contributed by atoms with E-state index in [9.17, 15) is 4.79 Å². The highest BCUT2D eigenvalue weighted by molar-refractivity contribution is 6.30. The van der Waals surface area contributed by atoms with Gasteiger partial charge in [0.2, 0.25) is 0 Å². The van der Waals surface area contributed by atoms with Gasteiger partial charge in [-0.25, -0.2) is 4.68 Å². The minimum Gasteiger partial charge on any atom is -0.352 e. The Labute approximate surface area is 154 Å². The van der Waals surface area contributed by atoms with Gasteiger partial charge in [-0.1, -0.05) is 31.5 Å². The van der Waals surface area contributed by atoms with Crippen molar-refractivity contribution in [3.63, 3.8) is 0 Å². The molecule has 0 aliphatic rings. The zero-order valence-electron chi connectivity index (χ0n) is 14.1. The van der Waals surface area contributed by atoms with Gasteiger partial charge >= 0.3 is 0 Å². The normalized spacial score (nSPS) is 11.9. The largest absolute Gasteiger partial charge is 0.352 e. The van der Waals surface area contributed by atoms with E-state index in [0.29, 0.717) is 17.1 Å². The van der Waals surface area contributed by atoms with Crippen LogP contribution in [0, 0.1) is 0 Å². The molecule has 0 aliphatic heterocycles. The molecule has 1 amide bonds. The van der Waals surface area contributed by atoms with Crippen LogP contribution in [0.2, 0.25) is 5.02 Å². The number of nitrogens with zero attached hydrogens (tertiary/aromatic N) is 2. The molecule has 7 heteroatoms. The minimum atomic E-state index is -0.123. The van der Waals surface area contributed by atoms with Crippen molar-refractivity contribution in [1.29, 1.82) is 0 Å². The van der Waals surface area contributed by atoms with Crippen molar-refractivity contribution in [1.82, 2.24) is 15.1 Å². The first kappa shape index (κ1) is 20.5. The number of hydrogen-bond acceptors (Lipinski definition) is 3. The van der Waals surface area contributed by atoms with Crippen molar-refractivity contribution in [3.05, 3.63) is 46.7 Å². The Balaban J connectivity index is 0.00000288. The van der Waals surface area contributed by atoms with Gasteiger partial charge in [0.25, 0.3) is 5.91 Å². The predicted octanol–water partition coefficient (Wildman–Crippen LogP) is 3.54. The van der Waals surface area contributed by atoms with Gasteiger partial charge in [0.05, 0.1) is 23.1 Å². The molecule has 3 N–H and O–H groups in total. The number of amides is 1. The number of hydrogen-bond donors (Lipinski definition) is 2. The van der Waals surface area contributed by atoms with E-state index in [-0.39, 0.29) is 30.3 Å². The van der Waals surface area contributed by atoms with Crippen LogP contribution in [-0.2, 0) is 0 Å². The molecule has 1 aromatic carbocycles. The van der Waals surface area contributed by atoms with Crippen LogP contribution in [0.5, 0.6) is 0 Å². The Bertz CT molecular complexity index is 683. The van der Waals surface area contributed by atoms with Crippen LogP contribution in [0.3, 0.4) is 0 Å². The highest BCUT2D eigenvalue weighted by Gasteiger charge is 2.20. The summed E-state index contributed by atoms with van der Waals surface area (Å²) < 4.78 is 1.77. The zero-order chi connectivity index (χ0) is 17.0. The Hall–Kier alpha value is -1.56. The summed E-state index contributed by atoms with van der Waals surface area (Å²) in [5, 5.41) is 7.92. The molecule has 0 aliphatic carbocycles. The van der Waals surface area contributed by atoms with Crippen LogP contribution in [0.25, 0.3) is 5.69 Å². The number of carbonyl (C=O) groups is 1. The van der Waals surface area contributed by atoms with Crippen molar-refractivity contribution in [2.45, 2.75) is 39.2 Å². The average molecular weight is 371 g/mol. The van der Waals surface area contributed by atoms with Crippen molar-refractivity contribution in [3.8, 4) is 5.69 Å². The van der Waals surface area contributed by atoms with Crippen LogP contribution in [0.1, 0.15) is 49.2 Å². The first-order valence-corrected chi connectivity index (χ1v) is 8.15. The molecule has 5 nitrogen and oxygen atoms in total. The zero-order valence-corrected chi connectivity index (χ0v) is 15.7. The number of nitrogens with one attached hydrogen (secondary N) is 1. The molecular weight excluding hydrogens is 347 g/mol. The molecule has 1 heterocycles. The second-order valence-electron chi connectivity index (χ2n) is 6.01. The predicted molar refractivity (Wildman–Crippen MR) is 101 cm³/mol. The van der Waals surface area contributed by atoms with Crippen LogP contribution >= 0.6 is 24.0 Å². The van der Waals surface area contributed by atoms with Crippen LogP contribution < -0.4 is 11.1 Å². The fourth-order valence-electron chi connectivity index (χ4n) is 2.41. The molecule has 0 fully saturated rings. The topological polar surface area (TPSA) is 72.9 Å². The number of carbonyl (C=O) groups excluding carboxylic acids is 1. The van der Waals surface area contributed by atoms with E-state index in [0.717, 1.165) is 17.8 Å². The summed E-state index contributed by atoms with van der Waals surface area (Å²) in [4.78, 5) is 12.4. The van der Waals surface area contributed by atoms with Gasteiger partial charge in [0, 0.05) is 17.6 Å². The van der Waals surface area contributed by atoms with E-state index in [1.54, 1.807) is 10.9 Å². The fraction of sp³-hybridized carbons (Fsp3) is 0.412. The maximum absolute atomic E-state index is 12.4. The van der Waals surface area contributed by atoms with Gasteiger partial charge in [0.15, 0.2) is 0 Å². The molecule has 132 valence electrons. The summed E-state index contributed by atoms with van der Waals surface area (Å²) in [6.45, 7) is 6.55. The number of nitrogens with two attached hydrogens (primary N) is 1. The lowest BCUT2D eigenvalue weighted by molar-refractivity contribution is 0.0951. The summed E-state index contributed by atoms with van der Waals surface area (Å²) in [7, 11) is 0. The third-order valence-corrected chi connectivity index (χ3v) is 3.77.